The van der Waals surface area contributed by atoms with Crippen molar-refractivity contribution in [1.29, 1.82) is 0 Å². The van der Waals surface area contributed by atoms with Crippen LogP contribution >= 0.6 is 11.6 Å². The largest absolute Gasteiger partial charge is 0.495 e. The number of piperazine rings is 1. The molecule has 9 nitrogen and oxygen atoms in total. The Hall–Kier alpha value is -3.89. The van der Waals surface area contributed by atoms with E-state index >= 15 is 0 Å². The summed E-state index contributed by atoms with van der Waals surface area (Å²) >= 11 is 6.37. The molecule has 0 aliphatic carbocycles. The van der Waals surface area contributed by atoms with Gasteiger partial charge < -0.3 is 14.5 Å². The van der Waals surface area contributed by atoms with E-state index in [0.717, 1.165) is 29.9 Å². The number of hydrogen-bond donors (Lipinski definition) is 0. The fourth-order valence-corrected chi connectivity index (χ4v) is 6.16. The first-order valence-electron chi connectivity index (χ1n) is 11.7. The molecule has 0 amide bonds. The van der Waals surface area contributed by atoms with Crippen LogP contribution in [-0.4, -0.2) is 61.5 Å². The van der Waals surface area contributed by atoms with Gasteiger partial charge in [0, 0.05) is 36.6 Å². The molecular weight excluding hydrogens is 512 g/mol. The lowest BCUT2D eigenvalue weighted by molar-refractivity contribution is 0.413. The molecule has 3 aromatic carbocycles. The van der Waals surface area contributed by atoms with Crippen molar-refractivity contribution < 1.29 is 13.2 Å². The first-order chi connectivity index (χ1) is 18.0. The standard InChI is InChI=1S/C26H23ClN6O3S/c1-36-23-10-6-5-9-22(23)31-13-15-32(16-14-31)24-20-17-18(27)11-12-21(20)33-25(28-24)26(29-30-33)37(34,35)19-7-3-2-4-8-19/h2-12,17H,13-16H2,1H3. The van der Waals surface area contributed by atoms with Crippen LogP contribution in [0.5, 0.6) is 5.75 Å². The van der Waals surface area contributed by atoms with Gasteiger partial charge in [0.2, 0.25) is 14.9 Å². The highest BCUT2D eigenvalue weighted by atomic mass is 35.5. The summed E-state index contributed by atoms with van der Waals surface area (Å²) in [5, 5.41) is 9.38. The average molecular weight is 535 g/mol. The highest BCUT2D eigenvalue weighted by Gasteiger charge is 2.29. The number of fused-ring (bicyclic) bond motifs is 3. The van der Waals surface area contributed by atoms with E-state index in [2.05, 4.69) is 20.1 Å². The summed E-state index contributed by atoms with van der Waals surface area (Å²) in [5.41, 5.74) is 1.90. The Kier molecular flexibility index (Phi) is 5.85. The fraction of sp³-hybridized carbons (Fsp3) is 0.192. The van der Waals surface area contributed by atoms with Gasteiger partial charge in [-0.2, -0.15) is 4.52 Å². The number of para-hydroxylation sites is 2. The van der Waals surface area contributed by atoms with Crippen LogP contribution in [0.25, 0.3) is 16.6 Å². The van der Waals surface area contributed by atoms with Crippen LogP contribution in [0.15, 0.2) is 82.7 Å². The van der Waals surface area contributed by atoms with Gasteiger partial charge in [-0.05, 0) is 42.5 Å². The summed E-state index contributed by atoms with van der Waals surface area (Å²) in [6.07, 6.45) is 0. The summed E-state index contributed by atoms with van der Waals surface area (Å²) in [5.74, 6) is 1.48. The van der Waals surface area contributed by atoms with Crippen molar-refractivity contribution >= 4 is 49.5 Å². The van der Waals surface area contributed by atoms with Gasteiger partial charge in [0.05, 0.1) is 23.2 Å². The van der Waals surface area contributed by atoms with Crippen molar-refractivity contribution in [3.8, 4) is 5.75 Å². The van der Waals surface area contributed by atoms with Crippen LogP contribution in [0.1, 0.15) is 0 Å². The Morgan fingerprint density at radius 3 is 2.35 bits per heavy atom. The number of aromatic nitrogens is 4. The lowest BCUT2D eigenvalue weighted by atomic mass is 10.2. The highest BCUT2D eigenvalue weighted by molar-refractivity contribution is 7.91. The monoisotopic (exact) mass is 534 g/mol. The molecule has 1 saturated heterocycles. The summed E-state index contributed by atoms with van der Waals surface area (Å²) in [7, 11) is -2.25. The summed E-state index contributed by atoms with van der Waals surface area (Å²) < 4.78 is 33.9. The molecule has 0 saturated carbocycles. The summed E-state index contributed by atoms with van der Waals surface area (Å²) in [4.78, 5) is 9.40. The molecule has 11 heteroatoms. The molecule has 0 atom stereocenters. The third kappa shape index (κ3) is 4.02. The van der Waals surface area contributed by atoms with Gasteiger partial charge in [-0.3, -0.25) is 0 Å². The Bertz CT molecular complexity index is 1720. The van der Waals surface area contributed by atoms with E-state index in [1.165, 1.54) is 4.52 Å². The molecule has 0 unspecified atom stereocenters. The molecule has 0 bridgehead atoms. The molecule has 0 spiro atoms. The number of halogens is 1. The average Bonchev–Trinajstić information content (AvgIpc) is 3.38. The number of sulfone groups is 1. The normalized spacial score (nSPS) is 14.4. The molecule has 6 rings (SSSR count). The Morgan fingerprint density at radius 1 is 0.892 bits per heavy atom. The van der Waals surface area contributed by atoms with Crippen molar-refractivity contribution in [1.82, 2.24) is 19.8 Å². The molecule has 37 heavy (non-hydrogen) atoms. The van der Waals surface area contributed by atoms with Crippen LogP contribution in [0.4, 0.5) is 11.5 Å². The fourth-order valence-electron chi connectivity index (χ4n) is 4.73. The molecule has 0 radical (unpaired) electrons. The summed E-state index contributed by atoms with van der Waals surface area (Å²) in [6.45, 7) is 2.82. The van der Waals surface area contributed by atoms with E-state index in [1.807, 2.05) is 36.4 Å². The lowest BCUT2D eigenvalue weighted by Crippen LogP contribution is -2.47. The Labute approximate surface area is 218 Å². The second-order valence-corrected chi connectivity index (χ2v) is 11.0. The topological polar surface area (TPSA) is 92.9 Å². The molecule has 3 heterocycles. The van der Waals surface area contributed by atoms with Gasteiger partial charge in [-0.15, -0.1) is 5.10 Å². The smallest absolute Gasteiger partial charge is 0.229 e. The molecule has 0 N–H and O–H groups in total. The van der Waals surface area contributed by atoms with Crippen LogP contribution < -0.4 is 14.5 Å². The molecule has 1 aliphatic heterocycles. The maximum absolute atomic E-state index is 13.4. The number of ether oxygens (including phenoxy) is 1. The molecule has 1 fully saturated rings. The number of methoxy groups -OCH3 is 1. The SMILES string of the molecule is COc1ccccc1N1CCN(c2nc3c(S(=O)(=O)c4ccccc4)nnn3c3ccc(Cl)cc23)CC1. The van der Waals surface area contributed by atoms with Gasteiger partial charge in [-0.1, -0.05) is 47.1 Å². The minimum absolute atomic E-state index is 0.141. The van der Waals surface area contributed by atoms with E-state index in [0.29, 0.717) is 29.4 Å². The zero-order valence-corrected chi connectivity index (χ0v) is 21.5. The van der Waals surface area contributed by atoms with Gasteiger partial charge in [0.25, 0.3) is 0 Å². The number of rotatable bonds is 5. The summed E-state index contributed by atoms with van der Waals surface area (Å²) in [6, 6.07) is 21.5. The first kappa shape index (κ1) is 23.5. The van der Waals surface area contributed by atoms with E-state index in [1.54, 1.807) is 43.5 Å². The molecule has 2 aromatic heterocycles. The minimum Gasteiger partial charge on any atom is -0.495 e. The first-order valence-corrected chi connectivity index (χ1v) is 13.6. The predicted octanol–water partition coefficient (Wildman–Crippen LogP) is 4.10. The van der Waals surface area contributed by atoms with E-state index in [4.69, 9.17) is 21.3 Å². The quantitative estimate of drug-likeness (QED) is 0.333. The van der Waals surface area contributed by atoms with Crippen molar-refractivity contribution in [2.45, 2.75) is 9.92 Å². The number of anilines is 2. The Morgan fingerprint density at radius 2 is 1.59 bits per heavy atom. The second-order valence-electron chi connectivity index (χ2n) is 8.69. The predicted molar refractivity (Wildman–Crippen MR) is 143 cm³/mol. The number of benzene rings is 3. The molecule has 5 aromatic rings. The maximum Gasteiger partial charge on any atom is 0.229 e. The molecule has 1 aliphatic rings. The second kappa shape index (κ2) is 9.20. The van der Waals surface area contributed by atoms with Gasteiger partial charge in [0.1, 0.15) is 11.6 Å². The third-order valence-corrected chi connectivity index (χ3v) is 8.47. The minimum atomic E-state index is -3.92. The van der Waals surface area contributed by atoms with Crippen molar-refractivity contribution in [2.75, 3.05) is 43.1 Å². The lowest BCUT2D eigenvalue weighted by Gasteiger charge is -2.37. The number of nitrogens with zero attached hydrogens (tertiary/aromatic N) is 6. The van der Waals surface area contributed by atoms with Crippen LogP contribution in [0.3, 0.4) is 0 Å². The van der Waals surface area contributed by atoms with E-state index in [-0.39, 0.29) is 15.6 Å². The highest BCUT2D eigenvalue weighted by Crippen LogP contribution is 2.33. The zero-order valence-electron chi connectivity index (χ0n) is 20.0. The Balaban J connectivity index is 1.44. The maximum atomic E-state index is 13.4. The van der Waals surface area contributed by atoms with Gasteiger partial charge in [-0.25, -0.2) is 13.4 Å². The van der Waals surface area contributed by atoms with Crippen molar-refractivity contribution in [3.05, 3.63) is 77.8 Å². The van der Waals surface area contributed by atoms with E-state index in [9.17, 15) is 8.42 Å². The third-order valence-electron chi connectivity index (χ3n) is 6.57. The van der Waals surface area contributed by atoms with Gasteiger partial charge in [0.15, 0.2) is 5.65 Å². The molecular formula is C26H23ClN6O3S. The van der Waals surface area contributed by atoms with Crippen LogP contribution in [-0.2, 0) is 9.84 Å². The molecule has 188 valence electrons. The number of hydrogen-bond acceptors (Lipinski definition) is 8. The van der Waals surface area contributed by atoms with Crippen molar-refractivity contribution in [2.24, 2.45) is 0 Å². The van der Waals surface area contributed by atoms with Gasteiger partial charge >= 0.3 is 0 Å². The van der Waals surface area contributed by atoms with Crippen LogP contribution in [0, 0.1) is 0 Å². The van der Waals surface area contributed by atoms with Crippen molar-refractivity contribution in [3.63, 3.8) is 0 Å². The van der Waals surface area contributed by atoms with Crippen LogP contribution in [0.2, 0.25) is 5.02 Å². The zero-order chi connectivity index (χ0) is 25.6. The van der Waals surface area contributed by atoms with E-state index < -0.39 is 9.84 Å².